The number of hydrogen-bond acceptors (Lipinski definition) is 2. The van der Waals surface area contributed by atoms with Crippen molar-refractivity contribution in [3.63, 3.8) is 0 Å². The first-order valence-corrected chi connectivity index (χ1v) is 10.6. The van der Waals surface area contributed by atoms with E-state index in [2.05, 4.69) is 11.4 Å². The van der Waals surface area contributed by atoms with Crippen LogP contribution in [0.25, 0.3) is 0 Å². The topological polar surface area (TPSA) is 42.8 Å². The van der Waals surface area contributed by atoms with Gasteiger partial charge >= 0.3 is 33.0 Å². The standard InChI is InChI=1S/C15H20ClFN2O2.F6P/c1-21-13-4-2-3-11(9-13)10-19-7-5-12(6-8-19)18-15(20)14(16)17;1-7(2,3,4,5)6/h2-4,9,12,14H,5-8,10H2,1H3,(H,18,20);/q;-1/p+1. The van der Waals surface area contributed by atoms with E-state index in [4.69, 9.17) is 16.3 Å². The molecular formula is C15H21ClF7N2O2P. The van der Waals surface area contributed by atoms with Gasteiger partial charge in [0.1, 0.15) is 12.3 Å². The van der Waals surface area contributed by atoms with E-state index in [-0.39, 0.29) is 6.04 Å². The first kappa shape index (κ1) is 24.7. The zero-order valence-corrected chi connectivity index (χ0v) is 16.4. The molecule has 1 atom stereocenters. The fourth-order valence-electron chi connectivity index (χ4n) is 2.68. The van der Waals surface area contributed by atoms with Crippen LogP contribution in [0.2, 0.25) is 0 Å². The summed E-state index contributed by atoms with van der Waals surface area (Å²) in [7, 11) is -9.00. The molecule has 0 saturated carbocycles. The van der Waals surface area contributed by atoms with Crippen molar-refractivity contribution >= 4 is 25.3 Å². The Morgan fingerprint density at radius 1 is 1.25 bits per heavy atom. The van der Waals surface area contributed by atoms with E-state index in [1.165, 1.54) is 10.5 Å². The van der Waals surface area contributed by atoms with E-state index in [1.807, 2.05) is 18.2 Å². The Bertz CT molecular complexity index is 654. The van der Waals surface area contributed by atoms with Crippen molar-refractivity contribution < 1.29 is 44.0 Å². The monoisotopic (exact) mass is 460 g/mol. The van der Waals surface area contributed by atoms with Gasteiger partial charge in [-0.1, -0.05) is 23.7 Å². The van der Waals surface area contributed by atoms with Crippen LogP contribution in [-0.2, 0) is 11.3 Å². The summed E-state index contributed by atoms with van der Waals surface area (Å²) in [6, 6.07) is 8.08. The Kier molecular flexibility index (Phi) is 7.58. The Labute approximate surface area is 162 Å². The summed E-state index contributed by atoms with van der Waals surface area (Å²) in [6.45, 7) is 2.82. The van der Waals surface area contributed by atoms with Crippen LogP contribution in [0.5, 0.6) is 5.75 Å². The fourth-order valence-corrected chi connectivity index (χ4v) is 2.75. The average Bonchev–Trinajstić information content (AvgIpc) is 2.54. The van der Waals surface area contributed by atoms with Crippen LogP contribution in [0.1, 0.15) is 18.4 Å². The third-order valence-corrected chi connectivity index (χ3v) is 4.02. The van der Waals surface area contributed by atoms with Gasteiger partial charge in [-0.25, -0.2) is 4.39 Å². The molecule has 1 amide bonds. The van der Waals surface area contributed by atoms with Crippen molar-refractivity contribution in [2.75, 3.05) is 20.2 Å². The number of piperidine rings is 1. The van der Waals surface area contributed by atoms with Crippen molar-refractivity contribution in [1.29, 1.82) is 0 Å². The number of methoxy groups -OCH3 is 1. The minimum absolute atomic E-state index is 0.0311. The first-order valence-electron chi connectivity index (χ1n) is 8.15. The van der Waals surface area contributed by atoms with E-state index < -0.39 is 19.3 Å². The number of halogens is 8. The number of rotatable bonds is 5. The van der Waals surface area contributed by atoms with Crippen molar-refractivity contribution in [3.8, 4) is 5.75 Å². The number of benzene rings is 1. The Morgan fingerprint density at radius 3 is 2.25 bits per heavy atom. The zero-order chi connectivity index (χ0) is 21.7. The van der Waals surface area contributed by atoms with Crippen LogP contribution in [-0.4, -0.2) is 37.8 Å². The molecular weight excluding hydrogens is 440 g/mol. The molecule has 1 aliphatic heterocycles. The minimum atomic E-state index is -10.7. The zero-order valence-electron chi connectivity index (χ0n) is 14.8. The van der Waals surface area contributed by atoms with Gasteiger partial charge in [0, 0.05) is 24.4 Å². The second kappa shape index (κ2) is 8.59. The molecule has 1 unspecified atom stereocenters. The Morgan fingerprint density at radius 2 is 1.79 bits per heavy atom. The van der Waals surface area contributed by atoms with E-state index >= 15 is 0 Å². The number of alkyl halides is 2. The van der Waals surface area contributed by atoms with Crippen molar-refractivity contribution in [3.05, 3.63) is 29.8 Å². The number of quaternary nitrogens is 1. The van der Waals surface area contributed by atoms with Crippen LogP contribution in [0.3, 0.4) is 0 Å². The third-order valence-electron chi connectivity index (χ3n) is 3.83. The molecule has 13 heteroatoms. The quantitative estimate of drug-likeness (QED) is 0.391. The molecule has 1 aromatic rings. The third kappa shape index (κ3) is 13.0. The SMILES string of the molecule is COc1cccc(C[NH+]2CCC(NC(=O)C(F)Cl)CC2)c1.F[P-](F)(F)(F)(F)F. The molecule has 164 valence electrons. The molecule has 28 heavy (non-hydrogen) atoms. The molecule has 0 aromatic heterocycles. The fraction of sp³-hybridized carbons (Fsp3) is 0.533. The van der Waals surface area contributed by atoms with Gasteiger partial charge in [0.15, 0.2) is 0 Å². The Hall–Kier alpha value is -1.32. The summed E-state index contributed by atoms with van der Waals surface area (Å²) in [6.07, 6.45) is 1.68. The molecule has 0 spiro atoms. The van der Waals surface area contributed by atoms with Crippen molar-refractivity contribution in [2.24, 2.45) is 0 Å². The summed E-state index contributed by atoms with van der Waals surface area (Å²) in [5, 5.41) is 2.64. The van der Waals surface area contributed by atoms with Gasteiger partial charge in [0.05, 0.1) is 20.2 Å². The van der Waals surface area contributed by atoms with Crippen LogP contribution in [0.15, 0.2) is 24.3 Å². The summed E-state index contributed by atoms with van der Waals surface area (Å²) in [5.41, 5.74) is -0.719. The molecule has 1 fully saturated rings. The van der Waals surface area contributed by atoms with E-state index in [9.17, 15) is 34.4 Å². The van der Waals surface area contributed by atoms with Gasteiger partial charge in [-0.15, -0.1) is 0 Å². The first-order chi connectivity index (χ1) is 12.5. The maximum atomic E-state index is 12.6. The number of likely N-dealkylation sites (tertiary alicyclic amines) is 1. The van der Waals surface area contributed by atoms with Crippen molar-refractivity contribution in [2.45, 2.75) is 31.1 Å². The molecule has 0 aliphatic carbocycles. The number of carbonyl (C=O) groups excluding carboxylic acids is 1. The maximum absolute atomic E-state index is 12.6. The van der Waals surface area contributed by atoms with Crippen LogP contribution in [0, 0.1) is 0 Å². The molecule has 4 nitrogen and oxygen atoms in total. The second-order valence-electron chi connectivity index (χ2n) is 6.32. The van der Waals surface area contributed by atoms with Gasteiger partial charge in [-0.05, 0) is 12.1 Å². The van der Waals surface area contributed by atoms with Gasteiger partial charge in [-0.3, -0.25) is 4.79 Å². The van der Waals surface area contributed by atoms with Crippen molar-refractivity contribution in [1.82, 2.24) is 5.32 Å². The molecule has 1 aliphatic rings. The predicted octanol–water partition coefficient (Wildman–Crippen LogP) is 4.28. The molecule has 1 heterocycles. The molecule has 1 saturated heterocycles. The van der Waals surface area contributed by atoms with Gasteiger partial charge in [0.25, 0.3) is 11.5 Å². The van der Waals surface area contributed by atoms with Crippen LogP contribution >= 0.6 is 19.4 Å². The van der Waals surface area contributed by atoms with E-state index in [0.29, 0.717) is 0 Å². The van der Waals surface area contributed by atoms with E-state index in [0.717, 1.165) is 38.2 Å². The summed E-state index contributed by atoms with van der Waals surface area (Å²) in [5.74, 6) is 0.142. The number of carbonyl (C=O) groups is 1. The summed E-state index contributed by atoms with van der Waals surface area (Å²) < 4.78 is 77.0. The summed E-state index contributed by atoms with van der Waals surface area (Å²) >= 11 is 5.12. The molecule has 0 radical (unpaired) electrons. The normalized spacial score (nSPS) is 23.3. The number of hydrogen-bond donors (Lipinski definition) is 2. The van der Waals surface area contributed by atoms with Crippen LogP contribution < -0.4 is 15.0 Å². The van der Waals surface area contributed by atoms with Crippen LogP contribution in [0.4, 0.5) is 29.6 Å². The molecule has 2 N–H and O–H groups in total. The van der Waals surface area contributed by atoms with Gasteiger partial charge in [-0.2, -0.15) is 0 Å². The van der Waals surface area contributed by atoms with E-state index in [1.54, 1.807) is 7.11 Å². The molecule has 0 bridgehead atoms. The number of ether oxygens (including phenoxy) is 1. The number of nitrogens with one attached hydrogen (secondary N) is 2. The Balaban J connectivity index is 0.000000480. The number of amides is 1. The summed E-state index contributed by atoms with van der Waals surface area (Å²) in [4.78, 5) is 12.7. The van der Waals surface area contributed by atoms with Gasteiger partial charge in [0.2, 0.25) is 0 Å². The molecule has 1 aromatic carbocycles. The average molecular weight is 461 g/mol. The van der Waals surface area contributed by atoms with Gasteiger partial charge < -0.3 is 15.0 Å². The molecule has 2 rings (SSSR count). The predicted molar refractivity (Wildman–Crippen MR) is 92.9 cm³/mol. The second-order valence-corrected chi connectivity index (χ2v) is 8.62.